The normalized spacial score (nSPS) is 10.3. The summed E-state index contributed by atoms with van der Waals surface area (Å²) in [6, 6.07) is 5.48. The van der Waals surface area contributed by atoms with Gasteiger partial charge >= 0.3 is 6.01 Å². The van der Waals surface area contributed by atoms with E-state index >= 15 is 0 Å². The van der Waals surface area contributed by atoms with Crippen molar-refractivity contribution in [1.29, 1.82) is 0 Å². The molecule has 0 spiro atoms. The molecule has 1 heterocycles. The van der Waals surface area contributed by atoms with Crippen molar-refractivity contribution in [3.8, 4) is 11.8 Å². The molecule has 1 aromatic heterocycles. The number of ether oxygens (including phenoxy) is 1. The van der Waals surface area contributed by atoms with Crippen LogP contribution in [0.2, 0.25) is 0 Å². The molecule has 2 aromatic rings. The third-order valence-electron chi connectivity index (χ3n) is 2.23. The standard InChI is InChI=1S/C11H11BrN4O/c1-6-7(2)15-16-11(14-6)17-10-5-8(13)3-4-9(10)12/h3-5H,13H2,1-2H3. The highest BCUT2D eigenvalue weighted by atomic mass is 79.9. The lowest BCUT2D eigenvalue weighted by molar-refractivity contribution is 0.428. The van der Waals surface area contributed by atoms with Gasteiger partial charge in [0.25, 0.3) is 0 Å². The Morgan fingerprint density at radius 3 is 2.65 bits per heavy atom. The Labute approximate surface area is 107 Å². The van der Waals surface area contributed by atoms with Crippen LogP contribution in [0.5, 0.6) is 11.8 Å². The highest BCUT2D eigenvalue weighted by molar-refractivity contribution is 9.10. The fraction of sp³-hybridized carbons (Fsp3) is 0.182. The van der Waals surface area contributed by atoms with Crippen LogP contribution in [0.4, 0.5) is 5.69 Å². The van der Waals surface area contributed by atoms with E-state index < -0.39 is 0 Å². The molecule has 0 atom stereocenters. The van der Waals surface area contributed by atoms with Crippen LogP contribution < -0.4 is 10.5 Å². The fourth-order valence-electron chi connectivity index (χ4n) is 1.18. The van der Waals surface area contributed by atoms with Gasteiger partial charge in [0, 0.05) is 11.8 Å². The Morgan fingerprint density at radius 2 is 1.94 bits per heavy atom. The van der Waals surface area contributed by atoms with Gasteiger partial charge in [0.05, 0.1) is 15.9 Å². The molecule has 0 unspecified atom stereocenters. The Balaban J connectivity index is 2.31. The topological polar surface area (TPSA) is 73.9 Å². The van der Waals surface area contributed by atoms with Gasteiger partial charge in [-0.05, 0) is 41.9 Å². The van der Waals surface area contributed by atoms with Gasteiger partial charge in [-0.1, -0.05) is 5.10 Å². The van der Waals surface area contributed by atoms with Gasteiger partial charge in [-0.25, -0.2) is 0 Å². The number of aromatic nitrogens is 3. The minimum absolute atomic E-state index is 0.208. The van der Waals surface area contributed by atoms with Crippen molar-refractivity contribution >= 4 is 21.6 Å². The second kappa shape index (κ2) is 4.67. The summed E-state index contributed by atoms with van der Waals surface area (Å²) in [5.41, 5.74) is 7.86. The Hall–Kier alpha value is -1.69. The van der Waals surface area contributed by atoms with E-state index in [-0.39, 0.29) is 6.01 Å². The van der Waals surface area contributed by atoms with Crippen molar-refractivity contribution in [2.75, 3.05) is 5.73 Å². The van der Waals surface area contributed by atoms with Gasteiger partial charge in [-0.3, -0.25) is 0 Å². The zero-order valence-electron chi connectivity index (χ0n) is 9.44. The molecule has 0 aliphatic rings. The first-order valence-electron chi connectivity index (χ1n) is 4.97. The number of aryl methyl sites for hydroxylation is 2. The average Bonchev–Trinajstić information content (AvgIpc) is 2.29. The number of nitrogens with two attached hydrogens (primary N) is 1. The largest absolute Gasteiger partial charge is 0.422 e. The molecular formula is C11H11BrN4O. The summed E-state index contributed by atoms with van der Waals surface area (Å²) in [6.07, 6.45) is 0. The number of nitrogens with zero attached hydrogens (tertiary/aromatic N) is 3. The number of rotatable bonds is 2. The van der Waals surface area contributed by atoms with E-state index in [1.165, 1.54) is 0 Å². The number of hydrogen-bond acceptors (Lipinski definition) is 5. The van der Waals surface area contributed by atoms with Gasteiger partial charge in [0.15, 0.2) is 0 Å². The average molecular weight is 295 g/mol. The first-order chi connectivity index (χ1) is 8.06. The first-order valence-corrected chi connectivity index (χ1v) is 5.76. The molecular weight excluding hydrogens is 284 g/mol. The van der Waals surface area contributed by atoms with E-state index in [4.69, 9.17) is 10.5 Å². The molecule has 0 aliphatic heterocycles. The van der Waals surface area contributed by atoms with Crippen LogP contribution in [0.25, 0.3) is 0 Å². The third-order valence-corrected chi connectivity index (χ3v) is 2.88. The predicted octanol–water partition coefficient (Wildman–Crippen LogP) is 2.63. The molecule has 2 rings (SSSR count). The summed E-state index contributed by atoms with van der Waals surface area (Å²) in [6.45, 7) is 3.70. The molecule has 0 radical (unpaired) electrons. The Kier molecular flexibility index (Phi) is 3.23. The Bertz CT molecular complexity index is 559. The lowest BCUT2D eigenvalue weighted by atomic mass is 10.3. The third kappa shape index (κ3) is 2.71. The zero-order chi connectivity index (χ0) is 12.4. The molecule has 1 aromatic carbocycles. The van der Waals surface area contributed by atoms with Gasteiger partial charge in [0.1, 0.15) is 5.75 Å². The van der Waals surface area contributed by atoms with Crippen LogP contribution in [0, 0.1) is 13.8 Å². The zero-order valence-corrected chi connectivity index (χ0v) is 11.0. The highest BCUT2D eigenvalue weighted by Gasteiger charge is 2.07. The molecule has 6 heteroatoms. The van der Waals surface area contributed by atoms with Crippen molar-refractivity contribution in [2.24, 2.45) is 0 Å². The number of hydrogen-bond donors (Lipinski definition) is 1. The molecule has 0 saturated heterocycles. The highest BCUT2D eigenvalue weighted by Crippen LogP contribution is 2.29. The molecule has 0 bridgehead atoms. The molecule has 0 saturated carbocycles. The SMILES string of the molecule is Cc1nnc(Oc2cc(N)ccc2Br)nc1C. The van der Waals surface area contributed by atoms with Crippen molar-refractivity contribution in [3.63, 3.8) is 0 Å². The van der Waals surface area contributed by atoms with Gasteiger partial charge in [-0.15, -0.1) is 5.10 Å². The summed E-state index contributed by atoms with van der Waals surface area (Å²) < 4.78 is 6.30. The minimum atomic E-state index is 0.208. The number of anilines is 1. The van der Waals surface area contributed by atoms with Crippen molar-refractivity contribution in [2.45, 2.75) is 13.8 Å². The molecule has 88 valence electrons. The monoisotopic (exact) mass is 294 g/mol. The van der Waals surface area contributed by atoms with Crippen LogP contribution in [0.1, 0.15) is 11.4 Å². The minimum Gasteiger partial charge on any atom is -0.422 e. The number of halogens is 1. The van der Waals surface area contributed by atoms with Crippen molar-refractivity contribution < 1.29 is 4.74 Å². The molecule has 17 heavy (non-hydrogen) atoms. The summed E-state index contributed by atoms with van der Waals surface area (Å²) >= 11 is 3.36. The van der Waals surface area contributed by atoms with Crippen LogP contribution in [-0.2, 0) is 0 Å². The number of benzene rings is 1. The molecule has 5 nitrogen and oxygen atoms in total. The van der Waals surface area contributed by atoms with E-state index in [0.717, 1.165) is 15.9 Å². The van der Waals surface area contributed by atoms with Gasteiger partial charge < -0.3 is 10.5 Å². The summed E-state index contributed by atoms with van der Waals surface area (Å²) in [5, 5.41) is 7.80. The summed E-state index contributed by atoms with van der Waals surface area (Å²) in [5.74, 6) is 0.565. The fourth-order valence-corrected chi connectivity index (χ4v) is 1.50. The van der Waals surface area contributed by atoms with Gasteiger partial charge in [-0.2, -0.15) is 4.98 Å². The van der Waals surface area contributed by atoms with Crippen LogP contribution >= 0.6 is 15.9 Å². The van der Waals surface area contributed by atoms with E-state index in [2.05, 4.69) is 31.1 Å². The second-order valence-corrected chi connectivity index (χ2v) is 4.41. The van der Waals surface area contributed by atoms with E-state index in [1.807, 2.05) is 13.8 Å². The maximum absolute atomic E-state index is 5.68. The van der Waals surface area contributed by atoms with Crippen molar-refractivity contribution in [1.82, 2.24) is 15.2 Å². The number of nitrogen functional groups attached to an aromatic ring is 1. The summed E-state index contributed by atoms with van der Waals surface area (Å²) in [4.78, 5) is 4.18. The predicted molar refractivity (Wildman–Crippen MR) is 67.9 cm³/mol. The summed E-state index contributed by atoms with van der Waals surface area (Å²) in [7, 11) is 0. The van der Waals surface area contributed by atoms with Crippen LogP contribution in [-0.4, -0.2) is 15.2 Å². The maximum atomic E-state index is 5.68. The lowest BCUT2D eigenvalue weighted by Gasteiger charge is -2.07. The molecule has 0 amide bonds. The lowest BCUT2D eigenvalue weighted by Crippen LogP contribution is -2.00. The van der Waals surface area contributed by atoms with E-state index in [1.54, 1.807) is 18.2 Å². The van der Waals surface area contributed by atoms with Gasteiger partial charge in [0.2, 0.25) is 0 Å². The van der Waals surface area contributed by atoms with E-state index in [0.29, 0.717) is 11.4 Å². The second-order valence-electron chi connectivity index (χ2n) is 3.56. The maximum Gasteiger partial charge on any atom is 0.341 e. The Morgan fingerprint density at radius 1 is 1.18 bits per heavy atom. The first kappa shape index (κ1) is 11.8. The quantitative estimate of drug-likeness (QED) is 0.862. The molecule has 2 N–H and O–H groups in total. The van der Waals surface area contributed by atoms with Crippen LogP contribution in [0.3, 0.4) is 0 Å². The van der Waals surface area contributed by atoms with Crippen LogP contribution in [0.15, 0.2) is 22.7 Å². The molecule has 0 aliphatic carbocycles. The smallest absolute Gasteiger partial charge is 0.341 e. The van der Waals surface area contributed by atoms with E-state index in [9.17, 15) is 0 Å². The van der Waals surface area contributed by atoms with Crippen molar-refractivity contribution in [3.05, 3.63) is 34.1 Å². The molecule has 0 fully saturated rings.